The van der Waals surface area contributed by atoms with E-state index in [4.69, 9.17) is 5.41 Å². The van der Waals surface area contributed by atoms with Gasteiger partial charge in [0.25, 0.3) is 0 Å². The number of amidine groups is 1. The van der Waals surface area contributed by atoms with Crippen LogP contribution in [0.3, 0.4) is 0 Å². The van der Waals surface area contributed by atoms with E-state index in [-0.39, 0.29) is 11.9 Å². The van der Waals surface area contributed by atoms with Crippen LogP contribution in [-0.4, -0.2) is 45.8 Å². The number of carbonyl (C=O) groups is 1. The highest BCUT2D eigenvalue weighted by molar-refractivity contribution is 6.03. The Kier molecular flexibility index (Phi) is 7.96. The molecule has 9 nitrogen and oxygen atoms in total. The number of carboxylic acid groups (broad SMARTS) is 1. The summed E-state index contributed by atoms with van der Waals surface area (Å²) in [6.07, 6.45) is 7.52. The molecule has 10 heteroatoms. The fourth-order valence-corrected chi connectivity index (χ4v) is 6.24. The zero-order valence-electron chi connectivity index (χ0n) is 23.3. The quantitative estimate of drug-likeness (QED) is 0.145. The maximum absolute atomic E-state index is 16.9. The summed E-state index contributed by atoms with van der Waals surface area (Å²) in [4.78, 5) is 22.5. The maximum Gasteiger partial charge on any atom is 0.410 e. The van der Waals surface area contributed by atoms with Crippen molar-refractivity contribution in [2.24, 2.45) is 17.8 Å². The number of fused-ring (bicyclic) bond motifs is 1. The third-order valence-corrected chi connectivity index (χ3v) is 8.96. The lowest BCUT2D eigenvalue weighted by Gasteiger charge is -2.39. The number of halogens is 1. The highest BCUT2D eigenvalue weighted by Crippen LogP contribution is 2.47. The summed E-state index contributed by atoms with van der Waals surface area (Å²) < 4.78 is 16.9. The van der Waals surface area contributed by atoms with Gasteiger partial charge in [0.05, 0.1) is 0 Å². The van der Waals surface area contributed by atoms with Crippen molar-refractivity contribution in [3.8, 4) is 0 Å². The first-order chi connectivity index (χ1) is 19.2. The number of anilines is 3. The minimum absolute atomic E-state index is 0.0654. The van der Waals surface area contributed by atoms with Gasteiger partial charge in [-0.05, 0) is 75.7 Å². The lowest BCUT2D eigenvalue weighted by atomic mass is 9.80. The second kappa shape index (κ2) is 11.4. The van der Waals surface area contributed by atoms with Crippen LogP contribution in [0.25, 0.3) is 0 Å². The van der Waals surface area contributed by atoms with Gasteiger partial charge in [0, 0.05) is 12.6 Å². The molecule has 2 unspecified atom stereocenters. The first kappa shape index (κ1) is 27.9. The van der Waals surface area contributed by atoms with Gasteiger partial charge < -0.3 is 20.6 Å². The average Bonchev–Trinajstić information content (AvgIpc) is 3.27. The molecule has 40 heavy (non-hydrogen) atoms. The van der Waals surface area contributed by atoms with Crippen LogP contribution in [-0.2, 0) is 5.67 Å². The molecule has 3 aliphatic rings. The summed E-state index contributed by atoms with van der Waals surface area (Å²) in [6.45, 7) is 8.29. The molecule has 1 aromatic carbocycles. The van der Waals surface area contributed by atoms with E-state index in [0.29, 0.717) is 47.2 Å². The molecular formula is C30H40FN7O2. The van der Waals surface area contributed by atoms with Crippen molar-refractivity contribution in [1.29, 1.82) is 5.41 Å². The fraction of sp³-hybridized carbons (Fsp3) is 0.533. The SMILES string of the molecule is C=C[C@H]1CC[C@H](CN2c3c(nc(C(=N)NC(=O)O)nc3N[C@H](C)C3CCC3)NC2C(C)(F)c2ccccc2)CC1. The Hall–Kier alpha value is -3.69. The van der Waals surface area contributed by atoms with E-state index < -0.39 is 23.8 Å². The third-order valence-electron chi connectivity index (χ3n) is 8.96. The Morgan fingerprint density at radius 3 is 2.55 bits per heavy atom. The summed E-state index contributed by atoms with van der Waals surface area (Å²) in [5.41, 5.74) is -0.565. The van der Waals surface area contributed by atoms with Crippen molar-refractivity contribution >= 4 is 29.3 Å². The zero-order valence-corrected chi connectivity index (χ0v) is 23.3. The molecule has 5 N–H and O–H groups in total. The minimum atomic E-state index is -1.79. The monoisotopic (exact) mass is 549 g/mol. The second-order valence-corrected chi connectivity index (χ2v) is 11.7. The number of rotatable bonds is 9. The Morgan fingerprint density at radius 2 is 1.95 bits per heavy atom. The predicted octanol–water partition coefficient (Wildman–Crippen LogP) is 6.11. The molecule has 0 spiro atoms. The number of amides is 1. The van der Waals surface area contributed by atoms with E-state index in [9.17, 15) is 9.90 Å². The van der Waals surface area contributed by atoms with Gasteiger partial charge in [-0.2, -0.15) is 0 Å². The lowest BCUT2D eigenvalue weighted by molar-refractivity contribution is 0.154. The van der Waals surface area contributed by atoms with E-state index >= 15 is 4.39 Å². The van der Waals surface area contributed by atoms with Gasteiger partial charge in [-0.3, -0.25) is 10.7 Å². The van der Waals surface area contributed by atoms with E-state index in [2.05, 4.69) is 44.3 Å². The topological polar surface area (TPSA) is 126 Å². The first-order valence-electron chi connectivity index (χ1n) is 14.3. The molecule has 2 aromatic rings. The van der Waals surface area contributed by atoms with Crippen molar-refractivity contribution in [3.63, 3.8) is 0 Å². The highest BCUT2D eigenvalue weighted by atomic mass is 19.1. The molecule has 2 heterocycles. The number of benzene rings is 1. The molecule has 1 aromatic heterocycles. The molecule has 214 valence electrons. The number of aromatic nitrogens is 2. The van der Waals surface area contributed by atoms with Gasteiger partial charge in [0.15, 0.2) is 29.0 Å². The zero-order chi connectivity index (χ0) is 28.4. The predicted molar refractivity (Wildman–Crippen MR) is 156 cm³/mol. The molecule has 5 rings (SSSR count). The molecule has 1 amide bonds. The molecule has 3 atom stereocenters. The van der Waals surface area contributed by atoms with Crippen LogP contribution in [0.4, 0.5) is 26.5 Å². The minimum Gasteiger partial charge on any atom is -0.465 e. The number of alkyl halides is 1. The molecule has 2 aliphatic carbocycles. The smallest absolute Gasteiger partial charge is 0.410 e. The number of hydrogen-bond donors (Lipinski definition) is 5. The molecule has 0 saturated heterocycles. The number of nitrogens with one attached hydrogen (secondary N) is 4. The van der Waals surface area contributed by atoms with Crippen molar-refractivity contribution in [2.45, 2.75) is 76.7 Å². The van der Waals surface area contributed by atoms with E-state index in [1.54, 1.807) is 19.1 Å². The van der Waals surface area contributed by atoms with Crippen molar-refractivity contribution in [3.05, 3.63) is 54.4 Å². The number of allylic oxidation sites excluding steroid dienone is 1. The Balaban J connectivity index is 1.56. The van der Waals surface area contributed by atoms with E-state index in [1.807, 2.05) is 24.3 Å². The second-order valence-electron chi connectivity index (χ2n) is 11.7. The fourth-order valence-electron chi connectivity index (χ4n) is 6.24. The van der Waals surface area contributed by atoms with Crippen LogP contribution < -0.4 is 20.9 Å². The van der Waals surface area contributed by atoms with Gasteiger partial charge in [-0.15, -0.1) is 6.58 Å². The van der Waals surface area contributed by atoms with Crippen LogP contribution >= 0.6 is 0 Å². The average molecular weight is 550 g/mol. The molecule has 0 bridgehead atoms. The number of nitrogens with zero attached hydrogens (tertiary/aromatic N) is 3. The molecule has 2 fully saturated rings. The lowest BCUT2D eigenvalue weighted by Crippen LogP contribution is -2.50. The molecular weight excluding hydrogens is 509 g/mol. The van der Waals surface area contributed by atoms with Crippen LogP contribution in [0.5, 0.6) is 0 Å². The Bertz CT molecular complexity index is 1240. The van der Waals surface area contributed by atoms with Crippen LogP contribution in [0.1, 0.15) is 70.2 Å². The molecule has 1 aliphatic heterocycles. The molecule has 0 radical (unpaired) electrons. The van der Waals surface area contributed by atoms with Gasteiger partial charge >= 0.3 is 6.09 Å². The van der Waals surface area contributed by atoms with E-state index in [1.165, 1.54) is 6.42 Å². The third kappa shape index (κ3) is 5.62. The van der Waals surface area contributed by atoms with Crippen molar-refractivity contribution in [2.75, 3.05) is 22.1 Å². The summed E-state index contributed by atoms with van der Waals surface area (Å²) >= 11 is 0. The standard InChI is InChI=1S/C30H40FN7O2/c1-4-19-13-15-20(16-14-19)17-38-23-25(33-18(2)21-9-8-10-21)35-27(24(32)34-29(39)40)36-26(23)37-28(38)30(3,31)22-11-6-5-7-12-22/h4-7,11-12,18-21,28H,1,8-10,13-17H2,2-3H3,(H2,32,34)(H,39,40)(H2,33,35,36,37)/t18-,19-,20-,28?,30?/m1/s1. The van der Waals surface area contributed by atoms with Crippen LogP contribution in [0.15, 0.2) is 43.0 Å². The summed E-state index contributed by atoms with van der Waals surface area (Å²) in [6, 6.07) is 9.23. The number of hydrogen-bond acceptors (Lipinski definition) is 7. The Morgan fingerprint density at radius 1 is 1.25 bits per heavy atom. The summed E-state index contributed by atoms with van der Waals surface area (Å²) in [5.74, 6) is 1.77. The highest BCUT2D eigenvalue weighted by Gasteiger charge is 2.47. The largest absolute Gasteiger partial charge is 0.465 e. The summed E-state index contributed by atoms with van der Waals surface area (Å²) in [5, 5.41) is 26.4. The van der Waals surface area contributed by atoms with E-state index in [0.717, 1.165) is 38.5 Å². The van der Waals surface area contributed by atoms with Crippen LogP contribution in [0, 0.1) is 23.2 Å². The normalized spacial score (nSPS) is 24.6. The summed E-state index contributed by atoms with van der Waals surface area (Å²) in [7, 11) is 0. The van der Waals surface area contributed by atoms with Gasteiger partial charge in [0.2, 0.25) is 0 Å². The van der Waals surface area contributed by atoms with Gasteiger partial charge in [-0.1, -0.05) is 42.8 Å². The van der Waals surface area contributed by atoms with Crippen molar-refractivity contribution in [1.82, 2.24) is 15.3 Å². The van der Waals surface area contributed by atoms with Gasteiger partial charge in [0.1, 0.15) is 11.9 Å². The van der Waals surface area contributed by atoms with Crippen LogP contribution in [0.2, 0.25) is 0 Å². The van der Waals surface area contributed by atoms with Crippen molar-refractivity contribution < 1.29 is 14.3 Å². The Labute approximate surface area is 235 Å². The maximum atomic E-state index is 16.9. The molecule has 2 saturated carbocycles. The van der Waals surface area contributed by atoms with Gasteiger partial charge in [-0.25, -0.2) is 19.2 Å². The first-order valence-corrected chi connectivity index (χ1v) is 14.3.